The molecule has 4 atom stereocenters. The van der Waals surface area contributed by atoms with Crippen LogP contribution in [0.25, 0.3) is 55.0 Å². The van der Waals surface area contributed by atoms with Crippen molar-refractivity contribution in [2.45, 2.75) is 62.7 Å². The summed E-state index contributed by atoms with van der Waals surface area (Å²) in [5.74, 6) is 1.09. The Kier molecular flexibility index (Phi) is 11.8. The highest BCUT2D eigenvalue weighted by molar-refractivity contribution is 6.06. The number of alkyl carbamates (subject to hydrolysis) is 2. The molecule has 5 aromatic carbocycles. The number of likely N-dealkylation sites (tertiary alicyclic amines) is 2. The molecule has 15 nitrogen and oxygen atoms in total. The van der Waals surface area contributed by atoms with Gasteiger partial charge in [0.2, 0.25) is 5.91 Å². The number of amides is 4. The number of ether oxygens (including phenoxy) is 3. The molecule has 0 aliphatic carbocycles. The standard InChI is InChI=1S/C51H52N8O7/c1-64-50(62)56-43(30-8-4-3-5-9-30)48(60)59-23-7-11-42(59)47-53-39-19-17-36-27-35(16-18-38(36)45(39)55-47)32-12-13-34-28-37(15-14-33(34)26-32)40-29-52-46(54-40)41-10-6-22-58(41)49(61)44(57-51(63)65-2)31-20-24-66-25-21-31/h3-5,8-9,12-19,26-29,31,41-44H,6-7,10-11,20-25H2,1-2H3,(H,52,54)(H,53,55)(H,56,62)(H,57,63)/t41-,42-,43+,44-/m0/s1. The van der Waals surface area contributed by atoms with Gasteiger partial charge in [-0.15, -0.1) is 0 Å². The lowest BCUT2D eigenvalue weighted by molar-refractivity contribution is -0.137. The molecule has 66 heavy (non-hydrogen) atoms. The lowest BCUT2D eigenvalue weighted by atomic mass is 9.90. The summed E-state index contributed by atoms with van der Waals surface area (Å²) in [4.78, 5) is 73.3. The van der Waals surface area contributed by atoms with Gasteiger partial charge in [0.15, 0.2) is 0 Å². The minimum absolute atomic E-state index is 0.0324. The molecule has 3 fully saturated rings. The first-order valence-electron chi connectivity index (χ1n) is 22.7. The number of methoxy groups -OCH3 is 2. The minimum Gasteiger partial charge on any atom is -0.453 e. The van der Waals surface area contributed by atoms with E-state index in [0.29, 0.717) is 44.7 Å². The van der Waals surface area contributed by atoms with E-state index in [9.17, 15) is 19.2 Å². The quantitative estimate of drug-likeness (QED) is 0.105. The maximum absolute atomic E-state index is 14.1. The number of fused-ring (bicyclic) bond motifs is 4. The molecule has 3 aliphatic rings. The molecule has 0 saturated carbocycles. The number of nitrogens with zero attached hydrogens (tertiary/aromatic N) is 4. The summed E-state index contributed by atoms with van der Waals surface area (Å²) >= 11 is 0. The molecule has 10 rings (SSSR count). The van der Waals surface area contributed by atoms with Crippen LogP contribution in [0.2, 0.25) is 0 Å². The molecule has 338 valence electrons. The van der Waals surface area contributed by atoms with Gasteiger partial charge < -0.3 is 44.6 Å². The van der Waals surface area contributed by atoms with E-state index in [1.54, 1.807) is 0 Å². The van der Waals surface area contributed by atoms with Crippen LogP contribution in [0.5, 0.6) is 0 Å². The van der Waals surface area contributed by atoms with Crippen LogP contribution in [0.15, 0.2) is 103 Å². The average Bonchev–Trinajstić information content (AvgIpc) is 4.21. The van der Waals surface area contributed by atoms with Gasteiger partial charge in [0.25, 0.3) is 5.91 Å². The van der Waals surface area contributed by atoms with Crippen molar-refractivity contribution in [3.63, 3.8) is 0 Å². The normalized spacial score (nSPS) is 18.7. The van der Waals surface area contributed by atoms with Crippen LogP contribution in [0, 0.1) is 5.92 Å². The van der Waals surface area contributed by atoms with E-state index in [1.165, 1.54) is 14.2 Å². The van der Waals surface area contributed by atoms with Crippen LogP contribution >= 0.6 is 0 Å². The smallest absolute Gasteiger partial charge is 0.407 e. The first kappa shape index (κ1) is 42.7. The highest BCUT2D eigenvalue weighted by Crippen LogP contribution is 2.38. The molecule has 3 aliphatic heterocycles. The van der Waals surface area contributed by atoms with Gasteiger partial charge in [-0.05, 0) is 102 Å². The van der Waals surface area contributed by atoms with Crippen molar-refractivity contribution in [3.05, 3.63) is 120 Å². The zero-order chi connectivity index (χ0) is 45.3. The molecule has 5 heterocycles. The van der Waals surface area contributed by atoms with Crippen LogP contribution in [-0.2, 0) is 23.8 Å². The van der Waals surface area contributed by atoms with E-state index in [4.69, 9.17) is 24.2 Å². The van der Waals surface area contributed by atoms with Crippen LogP contribution < -0.4 is 10.6 Å². The second kappa shape index (κ2) is 18.3. The number of nitrogens with one attached hydrogen (secondary N) is 4. The highest BCUT2D eigenvalue weighted by atomic mass is 16.5. The molecule has 4 N–H and O–H groups in total. The van der Waals surface area contributed by atoms with Gasteiger partial charge in [-0.1, -0.05) is 72.8 Å². The zero-order valence-corrected chi connectivity index (χ0v) is 36.9. The second-order valence-electron chi connectivity index (χ2n) is 17.4. The number of carbonyl (C=O) groups is 4. The van der Waals surface area contributed by atoms with Crippen molar-refractivity contribution < 1.29 is 33.4 Å². The topological polar surface area (TPSA) is 184 Å². The maximum atomic E-state index is 14.1. The third-order valence-electron chi connectivity index (χ3n) is 13.6. The number of imidazole rings is 2. The highest BCUT2D eigenvalue weighted by Gasteiger charge is 2.41. The van der Waals surface area contributed by atoms with E-state index < -0.39 is 24.3 Å². The minimum atomic E-state index is -0.890. The first-order chi connectivity index (χ1) is 32.3. The van der Waals surface area contributed by atoms with Crippen LogP contribution in [-0.4, -0.2) is 100 Å². The van der Waals surface area contributed by atoms with Gasteiger partial charge in [-0.3, -0.25) is 9.59 Å². The van der Waals surface area contributed by atoms with Gasteiger partial charge in [-0.25, -0.2) is 19.6 Å². The molecule has 0 radical (unpaired) electrons. The summed E-state index contributed by atoms with van der Waals surface area (Å²) in [7, 11) is 2.60. The molecule has 0 unspecified atom stereocenters. The fraction of sp³-hybridized carbons (Fsp3) is 0.333. The fourth-order valence-electron chi connectivity index (χ4n) is 10.1. The lowest BCUT2D eigenvalue weighted by Gasteiger charge is -2.34. The third kappa shape index (κ3) is 8.30. The van der Waals surface area contributed by atoms with Gasteiger partial charge >= 0.3 is 12.2 Å². The summed E-state index contributed by atoms with van der Waals surface area (Å²) in [6.07, 6.45) is 5.11. The van der Waals surface area contributed by atoms with E-state index in [1.807, 2.05) is 52.4 Å². The van der Waals surface area contributed by atoms with Gasteiger partial charge in [0.05, 0.1) is 49.2 Å². The van der Waals surface area contributed by atoms with Gasteiger partial charge in [-0.2, -0.15) is 0 Å². The van der Waals surface area contributed by atoms with Gasteiger partial charge in [0.1, 0.15) is 23.7 Å². The second-order valence-corrected chi connectivity index (χ2v) is 17.4. The van der Waals surface area contributed by atoms with Crippen molar-refractivity contribution in [3.8, 4) is 22.4 Å². The third-order valence-corrected chi connectivity index (χ3v) is 13.6. The average molecular weight is 889 g/mol. The largest absolute Gasteiger partial charge is 0.453 e. The van der Waals surface area contributed by atoms with Crippen molar-refractivity contribution in [1.29, 1.82) is 0 Å². The molecule has 2 aromatic heterocycles. The summed E-state index contributed by atoms with van der Waals surface area (Å²) in [6, 6.07) is 30.5. The van der Waals surface area contributed by atoms with Crippen LogP contribution in [0.4, 0.5) is 9.59 Å². The molecule has 15 heteroatoms. The maximum Gasteiger partial charge on any atom is 0.407 e. The predicted molar refractivity (Wildman–Crippen MR) is 249 cm³/mol. The predicted octanol–water partition coefficient (Wildman–Crippen LogP) is 8.50. The Morgan fingerprint density at radius 3 is 2.03 bits per heavy atom. The summed E-state index contributed by atoms with van der Waals surface area (Å²) in [5, 5.41) is 9.84. The number of hydrogen-bond acceptors (Lipinski definition) is 9. The Hall–Kier alpha value is -7.26. The number of benzene rings is 5. The summed E-state index contributed by atoms with van der Waals surface area (Å²) < 4.78 is 15.3. The Morgan fingerprint density at radius 1 is 0.682 bits per heavy atom. The molecule has 0 spiro atoms. The number of carbonyl (C=O) groups excluding carboxylic acids is 4. The Bertz CT molecular complexity index is 2940. The lowest BCUT2D eigenvalue weighted by Crippen LogP contribution is -2.53. The molecule has 7 aromatic rings. The molecule has 4 amide bonds. The molecular weight excluding hydrogens is 837 g/mol. The summed E-state index contributed by atoms with van der Waals surface area (Å²) in [5.41, 5.74) is 6.45. The Morgan fingerprint density at radius 2 is 1.30 bits per heavy atom. The van der Waals surface area contributed by atoms with Crippen molar-refractivity contribution in [2.75, 3.05) is 40.5 Å². The fourth-order valence-corrected chi connectivity index (χ4v) is 10.1. The number of H-pyrrole nitrogens is 2. The number of aromatic nitrogens is 4. The van der Waals surface area contributed by atoms with E-state index >= 15 is 0 Å². The van der Waals surface area contributed by atoms with Crippen LogP contribution in [0.1, 0.15) is 73.9 Å². The molecule has 3 saturated heterocycles. The molecule has 0 bridgehead atoms. The van der Waals surface area contributed by atoms with Gasteiger partial charge in [0, 0.05) is 37.3 Å². The first-order valence-corrected chi connectivity index (χ1v) is 22.7. The number of aromatic amines is 2. The van der Waals surface area contributed by atoms with Crippen molar-refractivity contribution in [2.24, 2.45) is 5.92 Å². The Balaban J connectivity index is 0.858. The SMILES string of the molecule is COC(=O)N[C@H](C(=O)N1CCC[C@H]1c1ncc(-c2ccc3cc(-c4ccc5c(ccc6nc([C@@H]7CCCN7C(=O)[C@H](NC(=O)OC)c7ccccc7)[nH]c65)c4)ccc3c2)[nH]1)C1CCOCC1. The van der Waals surface area contributed by atoms with E-state index in [0.717, 1.165) is 92.3 Å². The van der Waals surface area contributed by atoms with E-state index in [-0.39, 0.29) is 29.8 Å². The van der Waals surface area contributed by atoms with E-state index in [2.05, 4.69) is 81.3 Å². The molecular formula is C51H52N8O7. The Labute approximate surface area is 381 Å². The monoisotopic (exact) mass is 888 g/mol. The summed E-state index contributed by atoms with van der Waals surface area (Å²) in [6.45, 7) is 2.25. The van der Waals surface area contributed by atoms with Crippen molar-refractivity contribution >= 4 is 56.6 Å². The zero-order valence-electron chi connectivity index (χ0n) is 36.9. The van der Waals surface area contributed by atoms with Crippen molar-refractivity contribution in [1.82, 2.24) is 40.4 Å². The number of hydrogen-bond donors (Lipinski definition) is 4. The number of rotatable bonds is 10. The van der Waals surface area contributed by atoms with Crippen LogP contribution in [0.3, 0.4) is 0 Å².